The molecule has 0 aromatic heterocycles. The van der Waals surface area contributed by atoms with E-state index in [0.717, 1.165) is 36.6 Å². The highest BCUT2D eigenvalue weighted by atomic mass is 35.5. The smallest absolute Gasteiger partial charge is 0.119 e. The summed E-state index contributed by atoms with van der Waals surface area (Å²) < 4.78 is 5.97. The summed E-state index contributed by atoms with van der Waals surface area (Å²) in [5.74, 6) is 0.919. The fourth-order valence-electron chi connectivity index (χ4n) is 3.66. The lowest BCUT2D eigenvalue weighted by molar-refractivity contribution is 0.159. The van der Waals surface area contributed by atoms with Gasteiger partial charge in [-0.2, -0.15) is 0 Å². The van der Waals surface area contributed by atoms with Crippen LogP contribution in [0.2, 0.25) is 5.02 Å². The van der Waals surface area contributed by atoms with Gasteiger partial charge in [0.2, 0.25) is 0 Å². The first-order chi connectivity index (χ1) is 14.5. The molecule has 3 nitrogen and oxygen atoms in total. The first-order valence-corrected chi connectivity index (χ1v) is 11.2. The predicted octanol–water partition coefficient (Wildman–Crippen LogP) is 6.10. The SMILES string of the molecule is CC(C)N(CCO)Cc1ccc2cc(OCCCCc3cccc(Cl)c3)ccc2c1. The lowest BCUT2D eigenvalue weighted by Crippen LogP contribution is -2.32. The zero-order valence-electron chi connectivity index (χ0n) is 18.0. The molecule has 0 aliphatic heterocycles. The maximum atomic E-state index is 9.28. The number of nitrogens with zero attached hydrogens (tertiary/aromatic N) is 1. The van der Waals surface area contributed by atoms with Crippen LogP contribution in [0.1, 0.15) is 37.8 Å². The van der Waals surface area contributed by atoms with E-state index in [0.29, 0.717) is 19.2 Å². The Morgan fingerprint density at radius 1 is 0.933 bits per heavy atom. The molecule has 0 radical (unpaired) electrons. The van der Waals surface area contributed by atoms with Crippen LogP contribution in [0.5, 0.6) is 5.75 Å². The number of halogens is 1. The van der Waals surface area contributed by atoms with Gasteiger partial charge >= 0.3 is 0 Å². The van der Waals surface area contributed by atoms with E-state index in [2.05, 4.69) is 61.2 Å². The molecule has 160 valence electrons. The molecule has 0 spiro atoms. The lowest BCUT2D eigenvalue weighted by Gasteiger charge is -2.25. The van der Waals surface area contributed by atoms with E-state index < -0.39 is 0 Å². The van der Waals surface area contributed by atoms with Gasteiger partial charge in [-0.05, 0) is 85.3 Å². The Morgan fingerprint density at radius 3 is 2.50 bits per heavy atom. The second-order valence-corrected chi connectivity index (χ2v) is 8.50. The van der Waals surface area contributed by atoms with Gasteiger partial charge in [0.05, 0.1) is 13.2 Å². The van der Waals surface area contributed by atoms with Gasteiger partial charge in [-0.3, -0.25) is 4.90 Å². The number of rotatable bonds is 11. The normalized spacial score (nSPS) is 11.5. The van der Waals surface area contributed by atoms with E-state index in [1.807, 2.05) is 18.2 Å². The van der Waals surface area contributed by atoms with E-state index in [9.17, 15) is 5.11 Å². The van der Waals surface area contributed by atoms with Gasteiger partial charge < -0.3 is 9.84 Å². The number of benzene rings is 3. The molecule has 0 bridgehead atoms. The van der Waals surface area contributed by atoms with Crippen LogP contribution in [0, 0.1) is 0 Å². The third-order valence-corrected chi connectivity index (χ3v) is 5.63. The van der Waals surface area contributed by atoms with Crippen molar-refractivity contribution < 1.29 is 9.84 Å². The monoisotopic (exact) mass is 425 g/mol. The van der Waals surface area contributed by atoms with Gasteiger partial charge in [-0.1, -0.05) is 41.9 Å². The molecule has 0 atom stereocenters. The Hall–Kier alpha value is -2.07. The second kappa shape index (κ2) is 11.4. The molecular weight excluding hydrogens is 394 g/mol. The highest BCUT2D eigenvalue weighted by Crippen LogP contribution is 2.23. The van der Waals surface area contributed by atoms with Crippen molar-refractivity contribution in [3.63, 3.8) is 0 Å². The summed E-state index contributed by atoms with van der Waals surface area (Å²) in [5, 5.41) is 12.5. The average molecular weight is 426 g/mol. The topological polar surface area (TPSA) is 32.7 Å². The Morgan fingerprint density at radius 2 is 1.73 bits per heavy atom. The minimum Gasteiger partial charge on any atom is -0.494 e. The zero-order chi connectivity index (χ0) is 21.3. The molecule has 0 fully saturated rings. The van der Waals surface area contributed by atoms with Crippen molar-refractivity contribution >= 4 is 22.4 Å². The van der Waals surface area contributed by atoms with Gasteiger partial charge in [0, 0.05) is 24.2 Å². The third-order valence-electron chi connectivity index (χ3n) is 5.40. The molecule has 3 rings (SSSR count). The summed E-state index contributed by atoms with van der Waals surface area (Å²) in [6.45, 7) is 6.77. The van der Waals surface area contributed by atoms with E-state index in [1.54, 1.807) is 0 Å². The van der Waals surface area contributed by atoms with Crippen LogP contribution in [0.25, 0.3) is 10.8 Å². The van der Waals surface area contributed by atoms with Crippen LogP contribution in [-0.2, 0) is 13.0 Å². The number of ether oxygens (including phenoxy) is 1. The molecule has 0 unspecified atom stereocenters. The number of fused-ring (bicyclic) bond motifs is 1. The Labute approximate surface area is 185 Å². The Kier molecular flexibility index (Phi) is 8.56. The lowest BCUT2D eigenvalue weighted by atomic mass is 10.1. The zero-order valence-corrected chi connectivity index (χ0v) is 18.7. The van der Waals surface area contributed by atoms with Crippen LogP contribution >= 0.6 is 11.6 Å². The molecule has 30 heavy (non-hydrogen) atoms. The highest BCUT2D eigenvalue weighted by molar-refractivity contribution is 6.30. The molecule has 3 aromatic carbocycles. The molecular formula is C26H32ClNO2. The predicted molar refractivity (Wildman–Crippen MR) is 126 cm³/mol. The first kappa shape index (κ1) is 22.6. The maximum Gasteiger partial charge on any atom is 0.119 e. The Bertz CT molecular complexity index is 941. The van der Waals surface area contributed by atoms with Crippen LogP contribution < -0.4 is 4.74 Å². The number of aliphatic hydroxyl groups is 1. The summed E-state index contributed by atoms with van der Waals surface area (Å²) in [4.78, 5) is 2.28. The minimum absolute atomic E-state index is 0.186. The molecule has 0 saturated heterocycles. The first-order valence-electron chi connectivity index (χ1n) is 10.8. The largest absolute Gasteiger partial charge is 0.494 e. The summed E-state index contributed by atoms with van der Waals surface area (Å²) in [7, 11) is 0. The van der Waals surface area contributed by atoms with Crippen molar-refractivity contribution in [1.82, 2.24) is 4.90 Å². The standard InChI is InChI=1S/C26H32ClNO2/c1-20(2)28(13-14-29)19-22-9-10-24-18-26(12-11-23(24)16-22)30-15-4-3-6-21-7-5-8-25(27)17-21/h5,7-12,16-18,20,29H,3-4,6,13-15,19H2,1-2H3. The van der Waals surface area contributed by atoms with Crippen molar-refractivity contribution in [1.29, 1.82) is 0 Å². The summed E-state index contributed by atoms with van der Waals surface area (Å²) in [5.41, 5.74) is 2.54. The molecule has 0 saturated carbocycles. The number of hydrogen-bond donors (Lipinski definition) is 1. The number of unbranched alkanes of at least 4 members (excludes halogenated alkanes) is 1. The fraction of sp³-hybridized carbons (Fsp3) is 0.385. The minimum atomic E-state index is 0.186. The molecule has 1 N–H and O–H groups in total. The van der Waals surface area contributed by atoms with Crippen molar-refractivity contribution in [2.24, 2.45) is 0 Å². The fourth-order valence-corrected chi connectivity index (χ4v) is 3.87. The van der Waals surface area contributed by atoms with E-state index in [4.69, 9.17) is 16.3 Å². The van der Waals surface area contributed by atoms with Crippen LogP contribution in [0.3, 0.4) is 0 Å². The molecule has 4 heteroatoms. The third kappa shape index (κ3) is 6.73. The van der Waals surface area contributed by atoms with Gasteiger partial charge in [0.1, 0.15) is 5.75 Å². The second-order valence-electron chi connectivity index (χ2n) is 8.07. The molecule has 0 heterocycles. The number of aryl methyl sites for hydroxylation is 1. The van der Waals surface area contributed by atoms with E-state index >= 15 is 0 Å². The van der Waals surface area contributed by atoms with Crippen molar-refractivity contribution in [3.8, 4) is 5.75 Å². The van der Waals surface area contributed by atoms with Crippen LogP contribution in [0.4, 0.5) is 0 Å². The maximum absolute atomic E-state index is 9.28. The summed E-state index contributed by atoms with van der Waals surface area (Å²) >= 11 is 6.04. The Balaban J connectivity index is 1.51. The highest BCUT2D eigenvalue weighted by Gasteiger charge is 2.10. The molecule has 0 aliphatic carbocycles. The van der Waals surface area contributed by atoms with Gasteiger partial charge in [0.25, 0.3) is 0 Å². The molecule has 0 aliphatic rings. The number of aliphatic hydroxyl groups excluding tert-OH is 1. The van der Waals surface area contributed by atoms with E-state index in [1.165, 1.54) is 21.9 Å². The molecule has 0 amide bonds. The van der Waals surface area contributed by atoms with Gasteiger partial charge in [-0.25, -0.2) is 0 Å². The van der Waals surface area contributed by atoms with Crippen molar-refractivity contribution in [2.45, 2.75) is 45.7 Å². The van der Waals surface area contributed by atoms with Gasteiger partial charge in [-0.15, -0.1) is 0 Å². The van der Waals surface area contributed by atoms with Crippen LogP contribution in [0.15, 0.2) is 60.7 Å². The van der Waals surface area contributed by atoms with Crippen LogP contribution in [-0.4, -0.2) is 35.8 Å². The number of hydrogen-bond acceptors (Lipinski definition) is 3. The molecule has 3 aromatic rings. The summed E-state index contributed by atoms with van der Waals surface area (Å²) in [6.07, 6.45) is 3.12. The quantitative estimate of drug-likeness (QED) is 0.377. The van der Waals surface area contributed by atoms with Gasteiger partial charge in [0.15, 0.2) is 0 Å². The summed E-state index contributed by atoms with van der Waals surface area (Å²) in [6, 6.07) is 21.3. The van der Waals surface area contributed by atoms with E-state index in [-0.39, 0.29) is 6.61 Å². The van der Waals surface area contributed by atoms with Crippen molar-refractivity contribution in [3.05, 3.63) is 76.8 Å². The average Bonchev–Trinajstić information content (AvgIpc) is 2.73. The van der Waals surface area contributed by atoms with Crippen molar-refractivity contribution in [2.75, 3.05) is 19.8 Å².